The normalized spacial score (nSPS) is 13.7. The standard InChI is InChI=1S/C9H15N/c1-4-6-9(3)8-10-7-5-2/h4,6-8H,5H2,1-3H3/b6-4-,9-8-,10-7?. The molecule has 0 amide bonds. The van der Waals surface area contributed by atoms with E-state index in [1.54, 1.807) is 0 Å². The largest absolute Gasteiger partial charge is 0.269 e. The van der Waals surface area contributed by atoms with E-state index in [0.29, 0.717) is 0 Å². The monoisotopic (exact) mass is 137 g/mol. The first-order valence-corrected chi connectivity index (χ1v) is 3.62. The summed E-state index contributed by atoms with van der Waals surface area (Å²) in [6, 6.07) is 0. The van der Waals surface area contributed by atoms with Crippen molar-refractivity contribution < 1.29 is 0 Å². The molecule has 0 spiro atoms. The van der Waals surface area contributed by atoms with Crippen molar-refractivity contribution in [2.45, 2.75) is 27.2 Å². The predicted molar refractivity (Wildman–Crippen MR) is 47.4 cm³/mol. The topological polar surface area (TPSA) is 12.4 Å². The number of hydrogen-bond donors (Lipinski definition) is 0. The van der Waals surface area contributed by atoms with Gasteiger partial charge in [-0.3, -0.25) is 4.99 Å². The summed E-state index contributed by atoms with van der Waals surface area (Å²) in [6.45, 7) is 6.11. The Kier molecular flexibility index (Phi) is 5.74. The van der Waals surface area contributed by atoms with Crippen LogP contribution in [0.4, 0.5) is 0 Å². The smallest absolute Gasteiger partial charge is 0.0292 e. The molecule has 0 rings (SSSR count). The van der Waals surface area contributed by atoms with Gasteiger partial charge in [-0.15, -0.1) is 0 Å². The van der Waals surface area contributed by atoms with E-state index in [-0.39, 0.29) is 0 Å². The molecule has 0 unspecified atom stereocenters. The van der Waals surface area contributed by atoms with Gasteiger partial charge in [-0.05, 0) is 25.8 Å². The zero-order chi connectivity index (χ0) is 7.82. The van der Waals surface area contributed by atoms with Crippen molar-refractivity contribution in [3.63, 3.8) is 0 Å². The van der Waals surface area contributed by atoms with Crippen molar-refractivity contribution in [1.29, 1.82) is 0 Å². The number of allylic oxidation sites excluding steroid dienone is 3. The van der Waals surface area contributed by atoms with Gasteiger partial charge < -0.3 is 0 Å². The van der Waals surface area contributed by atoms with Crippen LogP contribution in [0.25, 0.3) is 0 Å². The molecule has 1 heteroatoms. The fraction of sp³-hybridized carbons (Fsp3) is 0.444. The molecule has 1 nitrogen and oxygen atoms in total. The molecule has 0 saturated carbocycles. The molecule has 0 aromatic carbocycles. The summed E-state index contributed by atoms with van der Waals surface area (Å²) >= 11 is 0. The molecular weight excluding hydrogens is 122 g/mol. The van der Waals surface area contributed by atoms with Gasteiger partial charge in [-0.1, -0.05) is 19.1 Å². The van der Waals surface area contributed by atoms with Crippen LogP contribution >= 0.6 is 0 Å². The van der Waals surface area contributed by atoms with Gasteiger partial charge in [0.2, 0.25) is 0 Å². The maximum Gasteiger partial charge on any atom is 0.0292 e. The summed E-state index contributed by atoms with van der Waals surface area (Å²) in [4.78, 5) is 4.07. The molecule has 0 atom stereocenters. The summed E-state index contributed by atoms with van der Waals surface area (Å²) in [5, 5.41) is 0. The second-order valence-corrected chi connectivity index (χ2v) is 2.11. The molecule has 0 radical (unpaired) electrons. The van der Waals surface area contributed by atoms with E-state index < -0.39 is 0 Å². The van der Waals surface area contributed by atoms with Crippen LogP contribution in [-0.4, -0.2) is 6.21 Å². The lowest BCUT2D eigenvalue weighted by Crippen LogP contribution is -1.67. The van der Waals surface area contributed by atoms with E-state index in [9.17, 15) is 0 Å². The number of rotatable bonds is 3. The highest BCUT2D eigenvalue weighted by Crippen LogP contribution is 1.93. The average molecular weight is 137 g/mol. The zero-order valence-electron chi connectivity index (χ0n) is 6.96. The van der Waals surface area contributed by atoms with E-state index in [4.69, 9.17) is 0 Å². The third-order valence-electron chi connectivity index (χ3n) is 0.996. The highest BCUT2D eigenvalue weighted by molar-refractivity contribution is 5.57. The average Bonchev–Trinajstić information content (AvgIpc) is 1.89. The van der Waals surface area contributed by atoms with Crippen LogP contribution in [0.15, 0.2) is 28.9 Å². The number of aliphatic imine (C=N–C) groups is 1. The minimum absolute atomic E-state index is 1.000. The lowest BCUT2D eigenvalue weighted by molar-refractivity contribution is 1.30. The van der Waals surface area contributed by atoms with Crippen molar-refractivity contribution in [2.24, 2.45) is 4.99 Å². The summed E-state index contributed by atoms with van der Waals surface area (Å²) in [7, 11) is 0. The molecule has 0 saturated heterocycles. The first-order chi connectivity index (χ1) is 4.81. The van der Waals surface area contributed by atoms with E-state index in [0.717, 1.165) is 6.42 Å². The minimum atomic E-state index is 1.000. The van der Waals surface area contributed by atoms with Gasteiger partial charge >= 0.3 is 0 Å². The maximum absolute atomic E-state index is 4.07. The van der Waals surface area contributed by atoms with E-state index >= 15 is 0 Å². The van der Waals surface area contributed by atoms with Crippen molar-refractivity contribution in [3.8, 4) is 0 Å². The minimum Gasteiger partial charge on any atom is -0.269 e. The molecule has 0 fully saturated rings. The Bertz CT molecular complexity index is 152. The summed E-state index contributed by atoms with van der Waals surface area (Å²) in [5.41, 5.74) is 1.19. The number of hydrogen-bond acceptors (Lipinski definition) is 1. The third-order valence-corrected chi connectivity index (χ3v) is 0.996. The molecule has 0 bridgehead atoms. The maximum atomic E-state index is 4.07. The Hall–Kier alpha value is -0.850. The molecule has 0 heterocycles. The van der Waals surface area contributed by atoms with Gasteiger partial charge in [0, 0.05) is 12.4 Å². The molecule has 0 N–H and O–H groups in total. The van der Waals surface area contributed by atoms with Crippen LogP contribution in [0, 0.1) is 0 Å². The molecule has 0 aliphatic rings. The lowest BCUT2D eigenvalue weighted by atomic mass is 10.3. The summed E-state index contributed by atoms with van der Waals surface area (Å²) in [6.07, 6.45) is 8.80. The lowest BCUT2D eigenvalue weighted by Gasteiger charge is -1.84. The third kappa shape index (κ3) is 5.29. The van der Waals surface area contributed by atoms with Crippen LogP contribution in [0.5, 0.6) is 0 Å². The summed E-state index contributed by atoms with van der Waals surface area (Å²) in [5.74, 6) is 0. The van der Waals surface area contributed by atoms with Crippen LogP contribution < -0.4 is 0 Å². The first-order valence-electron chi connectivity index (χ1n) is 3.62. The highest BCUT2D eigenvalue weighted by atomic mass is 14.7. The van der Waals surface area contributed by atoms with Crippen molar-refractivity contribution in [1.82, 2.24) is 0 Å². The summed E-state index contributed by atoms with van der Waals surface area (Å²) < 4.78 is 0. The Morgan fingerprint density at radius 1 is 1.50 bits per heavy atom. The molecule has 0 aromatic heterocycles. The van der Waals surface area contributed by atoms with Gasteiger partial charge in [0.05, 0.1) is 0 Å². The van der Waals surface area contributed by atoms with Gasteiger partial charge in [-0.25, -0.2) is 0 Å². The Morgan fingerprint density at radius 3 is 2.70 bits per heavy atom. The van der Waals surface area contributed by atoms with Crippen molar-refractivity contribution >= 4 is 6.21 Å². The Balaban J connectivity index is 3.79. The molecular formula is C9H15N. The van der Waals surface area contributed by atoms with Gasteiger partial charge in [0.1, 0.15) is 0 Å². The molecule has 10 heavy (non-hydrogen) atoms. The predicted octanol–water partition coefficient (Wildman–Crippen LogP) is 2.95. The van der Waals surface area contributed by atoms with Gasteiger partial charge in [0.15, 0.2) is 0 Å². The highest BCUT2D eigenvalue weighted by Gasteiger charge is 1.74. The zero-order valence-corrected chi connectivity index (χ0v) is 6.96. The van der Waals surface area contributed by atoms with Gasteiger partial charge in [0.25, 0.3) is 0 Å². The van der Waals surface area contributed by atoms with Crippen molar-refractivity contribution in [2.75, 3.05) is 0 Å². The SMILES string of the molecule is C/C=C\C(C)=C/N=CCC. The fourth-order valence-corrected chi connectivity index (χ4v) is 0.582. The first kappa shape index (κ1) is 9.15. The van der Waals surface area contributed by atoms with Gasteiger partial charge in [-0.2, -0.15) is 0 Å². The Labute approximate surface area is 63.2 Å². The molecule has 0 aliphatic carbocycles. The van der Waals surface area contributed by atoms with Crippen LogP contribution in [0.3, 0.4) is 0 Å². The second kappa shape index (κ2) is 6.27. The van der Waals surface area contributed by atoms with Crippen LogP contribution in [0.1, 0.15) is 27.2 Å². The quantitative estimate of drug-likeness (QED) is 0.419. The van der Waals surface area contributed by atoms with E-state index in [1.165, 1.54) is 5.57 Å². The fourth-order valence-electron chi connectivity index (χ4n) is 0.582. The van der Waals surface area contributed by atoms with Crippen molar-refractivity contribution in [3.05, 3.63) is 23.9 Å². The van der Waals surface area contributed by atoms with E-state index in [2.05, 4.69) is 11.9 Å². The van der Waals surface area contributed by atoms with Crippen LogP contribution in [0.2, 0.25) is 0 Å². The number of nitrogens with zero attached hydrogens (tertiary/aromatic N) is 1. The molecule has 0 aromatic rings. The molecule has 56 valence electrons. The second-order valence-electron chi connectivity index (χ2n) is 2.11. The van der Waals surface area contributed by atoms with E-state index in [1.807, 2.05) is 38.4 Å². The Morgan fingerprint density at radius 2 is 2.20 bits per heavy atom. The van der Waals surface area contributed by atoms with Crippen LogP contribution in [-0.2, 0) is 0 Å². The molecule has 0 aliphatic heterocycles.